The van der Waals surface area contributed by atoms with Crippen molar-refractivity contribution >= 4 is 17.5 Å². The Bertz CT molecular complexity index is 560. The molecule has 0 spiro atoms. The van der Waals surface area contributed by atoms with Gasteiger partial charge >= 0.3 is 0 Å². The van der Waals surface area contributed by atoms with Crippen LogP contribution in [0.4, 0.5) is 14.5 Å². The number of nitrogens with one attached hydrogen (secondary N) is 2. The summed E-state index contributed by atoms with van der Waals surface area (Å²) in [5, 5.41) is 4.89. The number of hydrogen-bond acceptors (Lipinski definition) is 3. The van der Waals surface area contributed by atoms with E-state index < -0.39 is 24.9 Å². The van der Waals surface area contributed by atoms with Gasteiger partial charge in [-0.15, -0.1) is 0 Å². The molecule has 5 nitrogen and oxygen atoms in total. The van der Waals surface area contributed by atoms with Crippen molar-refractivity contribution in [3.05, 3.63) is 29.8 Å². The van der Waals surface area contributed by atoms with Crippen molar-refractivity contribution in [3.8, 4) is 0 Å². The van der Waals surface area contributed by atoms with E-state index in [1.54, 1.807) is 12.1 Å². The van der Waals surface area contributed by atoms with Gasteiger partial charge in [-0.3, -0.25) is 9.59 Å². The molecule has 0 aromatic heterocycles. The van der Waals surface area contributed by atoms with Gasteiger partial charge in [-0.25, -0.2) is 8.78 Å². The van der Waals surface area contributed by atoms with Crippen molar-refractivity contribution in [2.24, 2.45) is 17.6 Å². The molecule has 2 amide bonds. The normalized spacial score (nSPS) is 20.4. The van der Waals surface area contributed by atoms with E-state index in [0.29, 0.717) is 11.6 Å². The predicted molar refractivity (Wildman–Crippen MR) is 78.7 cm³/mol. The van der Waals surface area contributed by atoms with Gasteiger partial charge in [-0.05, 0) is 36.6 Å². The van der Waals surface area contributed by atoms with Crippen molar-refractivity contribution in [2.45, 2.75) is 19.3 Å². The third-order valence-corrected chi connectivity index (χ3v) is 3.67. The molecule has 0 aliphatic heterocycles. The summed E-state index contributed by atoms with van der Waals surface area (Å²) in [6, 6.07) is 6.09. The monoisotopic (exact) mass is 311 g/mol. The van der Waals surface area contributed by atoms with Crippen LogP contribution >= 0.6 is 0 Å². The maximum absolute atomic E-state index is 13.0. The summed E-state index contributed by atoms with van der Waals surface area (Å²) in [6.45, 7) is 0.382. The van der Waals surface area contributed by atoms with E-state index in [1.807, 2.05) is 6.92 Å². The molecule has 1 saturated carbocycles. The standard InChI is InChI=1S/C15H19F2N3O2/c1-9-6-12(9)14(22)20-11-4-2-10(3-5-11)13(21)19-8-15(16,17)7-18/h2-5,9,12H,6-8,18H2,1H3,(H,19,21)(H,20,22). The number of hydrogen-bond donors (Lipinski definition) is 3. The number of carbonyl (C=O) groups excluding carboxylic acids is 2. The Hall–Kier alpha value is -2.02. The van der Waals surface area contributed by atoms with Crippen LogP contribution in [0.5, 0.6) is 0 Å². The van der Waals surface area contributed by atoms with Gasteiger partial charge in [-0.1, -0.05) is 6.92 Å². The summed E-state index contributed by atoms with van der Waals surface area (Å²) >= 11 is 0. The molecular weight excluding hydrogens is 292 g/mol. The highest BCUT2D eigenvalue weighted by Crippen LogP contribution is 2.38. The quantitative estimate of drug-likeness (QED) is 0.746. The third kappa shape index (κ3) is 4.24. The Kier molecular flexibility index (Phi) is 4.75. The van der Waals surface area contributed by atoms with E-state index in [0.717, 1.165) is 6.42 Å². The highest BCUT2D eigenvalue weighted by atomic mass is 19.3. The molecule has 2 rings (SSSR count). The molecule has 22 heavy (non-hydrogen) atoms. The summed E-state index contributed by atoms with van der Waals surface area (Å²) in [4.78, 5) is 23.5. The lowest BCUT2D eigenvalue weighted by molar-refractivity contribution is -0.117. The molecule has 2 unspecified atom stereocenters. The van der Waals surface area contributed by atoms with Crippen LogP contribution in [-0.4, -0.2) is 30.8 Å². The van der Waals surface area contributed by atoms with Crippen LogP contribution in [0.15, 0.2) is 24.3 Å². The van der Waals surface area contributed by atoms with Gasteiger partial charge < -0.3 is 16.4 Å². The highest BCUT2D eigenvalue weighted by Gasteiger charge is 2.39. The first kappa shape index (κ1) is 16.4. The molecule has 0 radical (unpaired) electrons. The summed E-state index contributed by atoms with van der Waals surface area (Å²) < 4.78 is 25.9. The Morgan fingerprint density at radius 2 is 1.91 bits per heavy atom. The molecule has 1 aliphatic rings. The predicted octanol–water partition coefficient (Wildman–Crippen LogP) is 1.60. The number of carbonyl (C=O) groups is 2. The van der Waals surface area contributed by atoms with Gasteiger partial charge in [0.15, 0.2) is 0 Å². The van der Waals surface area contributed by atoms with Crippen LogP contribution in [-0.2, 0) is 4.79 Å². The topological polar surface area (TPSA) is 84.2 Å². The second kappa shape index (κ2) is 6.39. The number of rotatable bonds is 6. The molecule has 0 bridgehead atoms. The second-order valence-corrected chi connectivity index (χ2v) is 5.63. The molecule has 2 atom stereocenters. The Labute approximate surface area is 127 Å². The number of amides is 2. The molecule has 4 N–H and O–H groups in total. The summed E-state index contributed by atoms with van der Waals surface area (Å²) in [7, 11) is 0. The fourth-order valence-corrected chi connectivity index (χ4v) is 2.01. The maximum Gasteiger partial charge on any atom is 0.277 e. The first-order chi connectivity index (χ1) is 10.3. The lowest BCUT2D eigenvalue weighted by Gasteiger charge is -2.14. The molecule has 0 heterocycles. The zero-order valence-electron chi connectivity index (χ0n) is 12.2. The molecule has 120 valence electrons. The van der Waals surface area contributed by atoms with Crippen molar-refractivity contribution in [1.29, 1.82) is 0 Å². The van der Waals surface area contributed by atoms with Gasteiger partial charge in [0.05, 0.1) is 13.1 Å². The molecule has 1 fully saturated rings. The van der Waals surface area contributed by atoms with E-state index in [4.69, 9.17) is 5.73 Å². The van der Waals surface area contributed by atoms with E-state index >= 15 is 0 Å². The van der Waals surface area contributed by atoms with Crippen LogP contribution < -0.4 is 16.4 Å². The second-order valence-electron chi connectivity index (χ2n) is 5.63. The first-order valence-electron chi connectivity index (χ1n) is 7.09. The van der Waals surface area contributed by atoms with Gasteiger partial charge in [0.2, 0.25) is 5.91 Å². The zero-order chi connectivity index (χ0) is 16.3. The third-order valence-electron chi connectivity index (χ3n) is 3.67. The Morgan fingerprint density at radius 1 is 1.32 bits per heavy atom. The van der Waals surface area contributed by atoms with E-state index in [2.05, 4.69) is 10.6 Å². The van der Waals surface area contributed by atoms with Gasteiger partial charge in [0.25, 0.3) is 11.8 Å². The van der Waals surface area contributed by atoms with Crippen LogP contribution in [0.25, 0.3) is 0 Å². The molecular formula is C15H19F2N3O2. The lowest BCUT2D eigenvalue weighted by Crippen LogP contribution is -2.41. The SMILES string of the molecule is CC1CC1C(=O)Nc1ccc(C(=O)NCC(F)(F)CN)cc1. The number of nitrogens with two attached hydrogens (primary N) is 1. The smallest absolute Gasteiger partial charge is 0.277 e. The molecule has 1 aromatic rings. The van der Waals surface area contributed by atoms with Crippen LogP contribution in [0.1, 0.15) is 23.7 Å². The fourth-order valence-electron chi connectivity index (χ4n) is 2.01. The average molecular weight is 311 g/mol. The van der Waals surface area contributed by atoms with Gasteiger partial charge in [0, 0.05) is 17.2 Å². The summed E-state index contributed by atoms with van der Waals surface area (Å²) in [5.74, 6) is -3.30. The number of alkyl halides is 2. The van der Waals surface area contributed by atoms with Crippen LogP contribution in [0.2, 0.25) is 0 Å². The zero-order valence-corrected chi connectivity index (χ0v) is 12.2. The fraction of sp³-hybridized carbons (Fsp3) is 0.467. The number of anilines is 1. The molecule has 0 saturated heterocycles. The summed E-state index contributed by atoms with van der Waals surface area (Å²) in [5.41, 5.74) is 5.71. The highest BCUT2D eigenvalue weighted by molar-refractivity contribution is 5.97. The Morgan fingerprint density at radius 3 is 2.41 bits per heavy atom. The number of benzene rings is 1. The van der Waals surface area contributed by atoms with Crippen molar-refractivity contribution in [3.63, 3.8) is 0 Å². The molecule has 7 heteroatoms. The van der Waals surface area contributed by atoms with Gasteiger partial charge in [-0.2, -0.15) is 0 Å². The van der Waals surface area contributed by atoms with Crippen molar-refractivity contribution in [1.82, 2.24) is 5.32 Å². The largest absolute Gasteiger partial charge is 0.346 e. The molecule has 1 aliphatic carbocycles. The van der Waals surface area contributed by atoms with Gasteiger partial charge in [0.1, 0.15) is 0 Å². The van der Waals surface area contributed by atoms with Crippen molar-refractivity contribution < 1.29 is 18.4 Å². The minimum absolute atomic E-state index is 0.0349. The minimum Gasteiger partial charge on any atom is -0.346 e. The minimum atomic E-state index is -3.12. The van der Waals surface area contributed by atoms with Crippen molar-refractivity contribution in [2.75, 3.05) is 18.4 Å². The van der Waals surface area contributed by atoms with Crippen LogP contribution in [0.3, 0.4) is 0 Å². The molecule has 1 aromatic carbocycles. The Balaban J connectivity index is 1.88. The van der Waals surface area contributed by atoms with E-state index in [9.17, 15) is 18.4 Å². The average Bonchev–Trinajstić information content (AvgIpc) is 3.23. The van der Waals surface area contributed by atoms with E-state index in [-0.39, 0.29) is 17.4 Å². The maximum atomic E-state index is 13.0. The first-order valence-corrected chi connectivity index (χ1v) is 7.09. The van der Waals surface area contributed by atoms with Crippen LogP contribution in [0, 0.1) is 11.8 Å². The van der Waals surface area contributed by atoms with E-state index in [1.165, 1.54) is 12.1 Å². The number of halogens is 2. The summed E-state index contributed by atoms with van der Waals surface area (Å²) in [6.07, 6.45) is 0.891. The lowest BCUT2D eigenvalue weighted by atomic mass is 10.2.